The summed E-state index contributed by atoms with van der Waals surface area (Å²) in [5.74, 6) is 0.805. The molecule has 0 amide bonds. The molecule has 3 heteroatoms. The third kappa shape index (κ3) is 4.65. The maximum Gasteiger partial charge on any atom is 0.146 e. The number of hydrogen-bond acceptors (Lipinski definition) is 2. The minimum absolute atomic E-state index is 0.155. The van der Waals surface area contributed by atoms with E-state index in [1.807, 2.05) is 91.0 Å². The molecule has 0 aliphatic heterocycles. The van der Waals surface area contributed by atoms with Crippen molar-refractivity contribution in [1.82, 2.24) is 9.55 Å². The molecule has 0 unspecified atom stereocenters. The Balaban J connectivity index is 1.30. The van der Waals surface area contributed by atoms with Gasteiger partial charge in [-0.25, -0.2) is 4.98 Å². The first-order chi connectivity index (χ1) is 28.9. The van der Waals surface area contributed by atoms with Crippen molar-refractivity contribution in [3.8, 4) is 50.5 Å². The molecule has 0 aliphatic carbocycles. The van der Waals surface area contributed by atoms with Gasteiger partial charge in [0.15, 0.2) is 0 Å². The van der Waals surface area contributed by atoms with Crippen LogP contribution in [0.15, 0.2) is 198 Å². The fourth-order valence-electron chi connectivity index (χ4n) is 8.23. The Kier molecular flexibility index (Phi) is 5.79. The fourth-order valence-corrected chi connectivity index (χ4v) is 8.23. The zero-order chi connectivity index (χ0) is 39.9. The largest absolute Gasteiger partial charge is 0.456 e. The van der Waals surface area contributed by atoms with Gasteiger partial charge < -0.3 is 4.42 Å². The first kappa shape index (κ1) is 25.7. The van der Waals surface area contributed by atoms with E-state index in [9.17, 15) is 0 Å². The maximum absolute atomic E-state index is 8.95. The van der Waals surface area contributed by atoms with E-state index >= 15 is 0 Å². The quantitative estimate of drug-likeness (QED) is 0.168. The average molecular weight is 694 g/mol. The van der Waals surface area contributed by atoms with Crippen LogP contribution in [0.1, 0.15) is 6.85 Å². The van der Waals surface area contributed by atoms with Crippen LogP contribution in [0.4, 0.5) is 0 Å². The lowest BCUT2D eigenvalue weighted by atomic mass is 9.83. The minimum atomic E-state index is -0.421. The summed E-state index contributed by atoms with van der Waals surface area (Å²) in [5.41, 5.74) is 9.97. The summed E-state index contributed by atoms with van der Waals surface area (Å²) in [7, 11) is 0. The van der Waals surface area contributed by atoms with Crippen LogP contribution in [-0.4, -0.2) is 9.55 Å². The Hall–Kier alpha value is -7.23. The predicted molar refractivity (Wildman–Crippen MR) is 225 cm³/mol. The van der Waals surface area contributed by atoms with E-state index in [-0.39, 0.29) is 29.7 Å². The second-order valence-corrected chi connectivity index (χ2v) is 13.5. The Morgan fingerprint density at radius 1 is 0.463 bits per heavy atom. The van der Waals surface area contributed by atoms with Crippen LogP contribution in [0.3, 0.4) is 0 Å². The molecule has 0 radical (unpaired) electrons. The van der Waals surface area contributed by atoms with Crippen LogP contribution in [0.2, 0.25) is 0 Å². The highest BCUT2D eigenvalue weighted by Gasteiger charge is 2.24. The van der Waals surface area contributed by atoms with Gasteiger partial charge in [-0.05, 0) is 97.4 Å². The highest BCUT2D eigenvalue weighted by Crippen LogP contribution is 2.49. The lowest BCUT2D eigenvalue weighted by molar-refractivity contribution is 0.669. The fraction of sp³-hybridized carbons (Fsp3) is 0. The molecule has 2 heterocycles. The molecule has 11 rings (SSSR count). The second kappa shape index (κ2) is 12.2. The van der Waals surface area contributed by atoms with Crippen molar-refractivity contribution >= 4 is 54.5 Å². The van der Waals surface area contributed by atoms with E-state index in [1.165, 1.54) is 0 Å². The molecule has 2 aromatic heterocycles. The van der Waals surface area contributed by atoms with Gasteiger partial charge in [0.05, 0.1) is 17.9 Å². The Morgan fingerprint density at radius 2 is 1.09 bits per heavy atom. The molecule has 252 valence electrons. The lowest BCUT2D eigenvalue weighted by Gasteiger charge is -2.21. The van der Waals surface area contributed by atoms with Crippen molar-refractivity contribution in [3.05, 3.63) is 194 Å². The lowest BCUT2D eigenvalue weighted by Crippen LogP contribution is -1.99. The van der Waals surface area contributed by atoms with Crippen LogP contribution in [-0.2, 0) is 0 Å². The van der Waals surface area contributed by atoms with Crippen molar-refractivity contribution < 1.29 is 11.3 Å². The number of aromatic nitrogens is 2. The molecule has 0 spiro atoms. The van der Waals surface area contributed by atoms with Gasteiger partial charge in [-0.1, -0.05) is 152 Å². The Bertz CT molecular complexity index is 3490. The molecule has 0 saturated carbocycles. The summed E-state index contributed by atoms with van der Waals surface area (Å²) in [6.45, 7) is 0. The van der Waals surface area contributed by atoms with Gasteiger partial charge in [-0.15, -0.1) is 0 Å². The SMILES string of the molecule is [2H]c1c([2H])c([2H])c(-c2ccc3c(-c4ccccc4-c4nc5ccccc5n4-c4ccccc4)c4ccccc4c(-c4cccc5oc6ccccc6c45)c3c2)c([2H])c1[2H]. The van der Waals surface area contributed by atoms with Gasteiger partial charge in [0.25, 0.3) is 0 Å². The highest BCUT2D eigenvalue weighted by atomic mass is 16.3. The number of para-hydroxylation sites is 4. The first-order valence-corrected chi connectivity index (χ1v) is 18.0. The number of imidazole rings is 1. The van der Waals surface area contributed by atoms with Gasteiger partial charge >= 0.3 is 0 Å². The van der Waals surface area contributed by atoms with Crippen LogP contribution in [0, 0.1) is 0 Å². The number of fused-ring (bicyclic) bond motifs is 6. The van der Waals surface area contributed by atoms with E-state index in [0.717, 1.165) is 93.8 Å². The van der Waals surface area contributed by atoms with Crippen LogP contribution in [0.5, 0.6) is 0 Å². The van der Waals surface area contributed by atoms with E-state index in [2.05, 4.69) is 77.4 Å². The maximum atomic E-state index is 8.95. The first-order valence-electron chi connectivity index (χ1n) is 20.5. The summed E-state index contributed by atoms with van der Waals surface area (Å²) in [6.07, 6.45) is 0. The summed E-state index contributed by atoms with van der Waals surface area (Å²) in [5, 5.41) is 5.81. The zero-order valence-electron chi connectivity index (χ0n) is 33.9. The van der Waals surface area contributed by atoms with Crippen LogP contribution in [0.25, 0.3) is 105 Å². The smallest absolute Gasteiger partial charge is 0.146 e. The third-order valence-corrected chi connectivity index (χ3v) is 10.5. The number of rotatable bonds is 5. The van der Waals surface area contributed by atoms with E-state index in [1.54, 1.807) is 0 Å². The number of furan rings is 1. The van der Waals surface area contributed by atoms with Crippen molar-refractivity contribution in [2.75, 3.05) is 0 Å². The zero-order valence-corrected chi connectivity index (χ0v) is 28.9. The standard InChI is InChI=1S/C51H32N2O/c1-3-16-33(17-4-1)34-30-31-39-43(32-34)49(42-25-15-29-47-50(42)41-24-11-14-28-46(41)54-47)37-21-8-7-20-36(37)48(39)38-22-9-10-23-40(38)51-52-44-26-12-13-27-45(44)53(51)35-18-5-2-6-19-35/h1-32H/i1D,3D,4D,16D,17D. The number of hydrogen-bond donors (Lipinski definition) is 0. The topological polar surface area (TPSA) is 31.0 Å². The van der Waals surface area contributed by atoms with Crippen molar-refractivity contribution in [2.24, 2.45) is 0 Å². The number of nitrogens with zero attached hydrogens (tertiary/aromatic N) is 2. The molecule has 9 aromatic carbocycles. The molecular weight excluding hydrogens is 657 g/mol. The van der Waals surface area contributed by atoms with Gasteiger partial charge in [0.2, 0.25) is 0 Å². The minimum Gasteiger partial charge on any atom is -0.456 e. The molecule has 0 atom stereocenters. The van der Waals surface area contributed by atoms with Crippen molar-refractivity contribution in [1.29, 1.82) is 0 Å². The molecule has 0 bridgehead atoms. The molecule has 54 heavy (non-hydrogen) atoms. The molecular formula is C51H32N2O. The Labute approximate surface area is 319 Å². The van der Waals surface area contributed by atoms with Gasteiger partial charge in [0, 0.05) is 22.0 Å². The monoisotopic (exact) mass is 693 g/mol. The molecule has 0 N–H and O–H groups in total. The summed E-state index contributed by atoms with van der Waals surface area (Å²) in [6, 6.07) is 53.7. The predicted octanol–water partition coefficient (Wildman–Crippen LogP) is 13.9. The van der Waals surface area contributed by atoms with Gasteiger partial charge in [-0.2, -0.15) is 0 Å². The molecule has 0 saturated heterocycles. The summed E-state index contributed by atoms with van der Waals surface area (Å²) in [4.78, 5) is 5.28. The van der Waals surface area contributed by atoms with Gasteiger partial charge in [-0.3, -0.25) is 4.57 Å². The number of benzene rings is 9. The van der Waals surface area contributed by atoms with Crippen molar-refractivity contribution in [2.45, 2.75) is 0 Å². The molecule has 3 nitrogen and oxygen atoms in total. The van der Waals surface area contributed by atoms with Gasteiger partial charge in [0.1, 0.15) is 17.0 Å². The van der Waals surface area contributed by atoms with Crippen LogP contribution < -0.4 is 0 Å². The summed E-state index contributed by atoms with van der Waals surface area (Å²) < 4.78 is 51.9. The second-order valence-electron chi connectivity index (χ2n) is 13.5. The average Bonchev–Trinajstić information content (AvgIpc) is 3.86. The molecule has 0 aliphatic rings. The van der Waals surface area contributed by atoms with Crippen molar-refractivity contribution in [3.63, 3.8) is 0 Å². The van der Waals surface area contributed by atoms with E-state index < -0.39 is 6.04 Å². The van der Waals surface area contributed by atoms with E-state index in [4.69, 9.17) is 16.3 Å². The Morgan fingerprint density at radius 3 is 1.93 bits per heavy atom. The summed E-state index contributed by atoms with van der Waals surface area (Å²) >= 11 is 0. The molecule has 0 fully saturated rings. The molecule has 11 aromatic rings. The van der Waals surface area contributed by atoms with E-state index in [0.29, 0.717) is 5.56 Å². The normalized spacial score (nSPS) is 13.0. The third-order valence-electron chi connectivity index (χ3n) is 10.5. The highest BCUT2D eigenvalue weighted by molar-refractivity contribution is 6.26. The van der Waals surface area contributed by atoms with Crippen LogP contribution >= 0.6 is 0 Å².